The molecule has 3 heterocycles. The van der Waals surface area contributed by atoms with Gasteiger partial charge in [0.2, 0.25) is 0 Å². The number of hydrogen-bond donors (Lipinski definition) is 1. The zero-order chi connectivity index (χ0) is 21.8. The van der Waals surface area contributed by atoms with Gasteiger partial charge in [-0.25, -0.2) is 0 Å². The topological polar surface area (TPSA) is 85.8 Å². The average molecular weight is 440 g/mol. The van der Waals surface area contributed by atoms with Crippen molar-refractivity contribution in [2.45, 2.75) is 39.3 Å². The first-order chi connectivity index (χ1) is 15.0. The van der Waals surface area contributed by atoms with Crippen molar-refractivity contribution in [3.05, 3.63) is 74.9 Å². The molecule has 1 fully saturated rings. The Balaban J connectivity index is 1.46. The molecule has 1 atom stereocenters. The molecule has 8 heteroatoms. The summed E-state index contributed by atoms with van der Waals surface area (Å²) in [5.41, 5.74) is 2.60. The number of carbonyl (C=O) groups is 2. The highest BCUT2D eigenvalue weighted by molar-refractivity contribution is 7.07. The Kier molecular flexibility index (Phi) is 6.48. The summed E-state index contributed by atoms with van der Waals surface area (Å²) in [6, 6.07) is 10.8. The number of furan rings is 1. The third kappa shape index (κ3) is 5.21. The van der Waals surface area contributed by atoms with Crippen LogP contribution in [0.1, 0.15) is 50.8 Å². The molecule has 0 aliphatic carbocycles. The van der Waals surface area contributed by atoms with Crippen LogP contribution in [0, 0.1) is 13.8 Å². The fraction of sp³-hybridized carbons (Fsp3) is 0.348. The largest absolute Gasteiger partial charge is 0.454 e. The molecule has 31 heavy (non-hydrogen) atoms. The van der Waals surface area contributed by atoms with Crippen LogP contribution in [0.5, 0.6) is 0 Å². The molecule has 0 bridgehead atoms. The molecule has 1 aromatic carbocycles. The number of aromatic nitrogens is 1. The highest BCUT2D eigenvalue weighted by atomic mass is 32.1. The van der Waals surface area contributed by atoms with E-state index < -0.39 is 0 Å². The Morgan fingerprint density at radius 3 is 2.74 bits per heavy atom. The third-order valence-corrected chi connectivity index (χ3v) is 6.18. The second-order valence-electron chi connectivity index (χ2n) is 7.64. The lowest BCUT2D eigenvalue weighted by Gasteiger charge is -2.09. The maximum absolute atomic E-state index is 12.6. The molecule has 1 N–H and O–H groups in total. The maximum atomic E-state index is 12.6. The van der Waals surface area contributed by atoms with Crippen molar-refractivity contribution in [3.63, 3.8) is 0 Å². The molecule has 0 unspecified atom stereocenters. The van der Waals surface area contributed by atoms with Gasteiger partial charge in [-0.05, 0) is 51.0 Å². The lowest BCUT2D eigenvalue weighted by molar-refractivity contribution is 0.0833. The first kappa shape index (κ1) is 21.3. The molecule has 2 aromatic heterocycles. The van der Waals surface area contributed by atoms with Gasteiger partial charge in [-0.1, -0.05) is 17.7 Å². The minimum atomic E-state index is -0.288. The van der Waals surface area contributed by atoms with Crippen LogP contribution in [0.4, 0.5) is 0 Å². The van der Waals surface area contributed by atoms with Gasteiger partial charge in [-0.15, -0.1) is 11.3 Å². The summed E-state index contributed by atoms with van der Waals surface area (Å²) in [5.74, 6) is 0.334. The SMILES string of the molecule is Cc1ccc(C(=O)N=c2scc(C)n2Cc2ccc(C(=O)NC[C@@H]3CCCO3)o2)cc1. The normalized spacial score (nSPS) is 16.6. The van der Waals surface area contributed by atoms with Crippen LogP contribution in [0.3, 0.4) is 0 Å². The van der Waals surface area contributed by atoms with Gasteiger partial charge >= 0.3 is 0 Å². The summed E-state index contributed by atoms with van der Waals surface area (Å²) in [7, 11) is 0. The number of aryl methyl sites for hydroxylation is 2. The molecule has 1 aliphatic rings. The summed E-state index contributed by atoms with van der Waals surface area (Å²) >= 11 is 1.40. The molecule has 0 radical (unpaired) electrons. The summed E-state index contributed by atoms with van der Waals surface area (Å²) in [6.45, 7) is 5.54. The van der Waals surface area contributed by atoms with Crippen molar-refractivity contribution in [1.29, 1.82) is 0 Å². The van der Waals surface area contributed by atoms with E-state index in [1.54, 1.807) is 24.3 Å². The van der Waals surface area contributed by atoms with Crippen LogP contribution >= 0.6 is 11.3 Å². The van der Waals surface area contributed by atoms with Crippen LogP contribution in [-0.2, 0) is 11.3 Å². The number of ether oxygens (including phenoxy) is 1. The molecule has 0 spiro atoms. The van der Waals surface area contributed by atoms with Gasteiger partial charge in [0.15, 0.2) is 10.6 Å². The minimum Gasteiger partial charge on any atom is -0.454 e. The third-order valence-electron chi connectivity index (χ3n) is 5.20. The van der Waals surface area contributed by atoms with Gasteiger partial charge in [0.05, 0.1) is 12.6 Å². The van der Waals surface area contributed by atoms with E-state index in [0.29, 0.717) is 29.2 Å². The Labute approximate surface area is 184 Å². The van der Waals surface area contributed by atoms with Crippen LogP contribution in [0.25, 0.3) is 0 Å². The number of amides is 2. The number of benzene rings is 1. The number of carbonyl (C=O) groups excluding carboxylic acids is 2. The lowest BCUT2D eigenvalue weighted by Crippen LogP contribution is -2.31. The quantitative estimate of drug-likeness (QED) is 0.637. The van der Waals surface area contributed by atoms with Crippen LogP contribution in [0.2, 0.25) is 0 Å². The van der Waals surface area contributed by atoms with Crippen molar-refractivity contribution in [3.8, 4) is 0 Å². The Morgan fingerprint density at radius 1 is 1.19 bits per heavy atom. The first-order valence-corrected chi connectivity index (χ1v) is 11.2. The summed E-state index contributed by atoms with van der Waals surface area (Å²) in [4.78, 5) is 29.8. The van der Waals surface area contributed by atoms with E-state index in [9.17, 15) is 9.59 Å². The zero-order valence-corrected chi connectivity index (χ0v) is 18.4. The van der Waals surface area contributed by atoms with Gasteiger partial charge in [-0.2, -0.15) is 4.99 Å². The molecule has 162 valence electrons. The number of nitrogens with zero attached hydrogens (tertiary/aromatic N) is 2. The van der Waals surface area contributed by atoms with Crippen molar-refractivity contribution >= 4 is 23.2 Å². The molecule has 7 nitrogen and oxygen atoms in total. The Hall–Kier alpha value is -2.97. The minimum absolute atomic E-state index is 0.0811. The van der Waals surface area contributed by atoms with E-state index in [-0.39, 0.29) is 23.7 Å². The zero-order valence-electron chi connectivity index (χ0n) is 17.6. The van der Waals surface area contributed by atoms with Gasteiger partial charge < -0.3 is 19.0 Å². The monoisotopic (exact) mass is 439 g/mol. The van der Waals surface area contributed by atoms with Crippen molar-refractivity contribution in [2.24, 2.45) is 4.99 Å². The van der Waals surface area contributed by atoms with Crippen LogP contribution in [-0.4, -0.2) is 35.6 Å². The van der Waals surface area contributed by atoms with E-state index in [1.165, 1.54) is 11.3 Å². The smallest absolute Gasteiger partial charge is 0.287 e. The summed E-state index contributed by atoms with van der Waals surface area (Å²) in [6.07, 6.45) is 2.07. The highest BCUT2D eigenvalue weighted by Crippen LogP contribution is 2.13. The maximum Gasteiger partial charge on any atom is 0.287 e. The van der Waals surface area contributed by atoms with E-state index >= 15 is 0 Å². The van der Waals surface area contributed by atoms with Crippen LogP contribution in [0.15, 0.2) is 51.2 Å². The first-order valence-electron chi connectivity index (χ1n) is 10.3. The molecule has 1 aliphatic heterocycles. The fourth-order valence-electron chi connectivity index (χ4n) is 3.38. The number of thiazole rings is 1. The van der Waals surface area contributed by atoms with Gasteiger partial charge in [0.1, 0.15) is 5.76 Å². The average Bonchev–Trinajstić information content (AvgIpc) is 3.51. The number of hydrogen-bond acceptors (Lipinski definition) is 5. The summed E-state index contributed by atoms with van der Waals surface area (Å²) < 4.78 is 13.2. The van der Waals surface area contributed by atoms with Crippen molar-refractivity contribution < 1.29 is 18.7 Å². The summed E-state index contributed by atoms with van der Waals surface area (Å²) in [5, 5.41) is 4.80. The van der Waals surface area contributed by atoms with Gasteiger partial charge in [0.25, 0.3) is 11.8 Å². The molecular formula is C23H25N3O4S. The predicted molar refractivity (Wildman–Crippen MR) is 117 cm³/mol. The molecule has 4 rings (SSSR count). The Morgan fingerprint density at radius 2 is 2.00 bits per heavy atom. The van der Waals surface area contributed by atoms with Crippen molar-refractivity contribution in [2.75, 3.05) is 13.2 Å². The van der Waals surface area contributed by atoms with Gasteiger partial charge in [-0.3, -0.25) is 9.59 Å². The van der Waals surface area contributed by atoms with Crippen molar-refractivity contribution in [1.82, 2.24) is 9.88 Å². The second kappa shape index (κ2) is 9.45. The molecule has 1 saturated heterocycles. The molecule has 2 amide bonds. The van der Waals surface area contributed by atoms with E-state index in [2.05, 4.69) is 10.3 Å². The molecule has 3 aromatic rings. The second-order valence-corrected chi connectivity index (χ2v) is 8.48. The Bertz CT molecular complexity index is 1130. The number of nitrogens with one attached hydrogen (secondary N) is 1. The fourth-order valence-corrected chi connectivity index (χ4v) is 4.26. The van der Waals surface area contributed by atoms with E-state index in [4.69, 9.17) is 9.15 Å². The van der Waals surface area contributed by atoms with Gasteiger partial charge in [0, 0.05) is 29.8 Å². The van der Waals surface area contributed by atoms with E-state index in [1.807, 2.05) is 35.9 Å². The van der Waals surface area contributed by atoms with Crippen LogP contribution < -0.4 is 10.1 Å². The van der Waals surface area contributed by atoms with E-state index in [0.717, 1.165) is 30.7 Å². The standard InChI is InChI=1S/C23H25N3O4S/c1-15-5-7-17(8-6-15)21(27)25-23-26(16(2)14-31-23)13-19-9-10-20(30-19)22(28)24-12-18-4-3-11-29-18/h5-10,14,18H,3-4,11-13H2,1-2H3,(H,24,28)/t18-/m0/s1. The number of rotatable bonds is 6. The molecular weight excluding hydrogens is 414 g/mol. The molecule has 0 saturated carbocycles. The highest BCUT2D eigenvalue weighted by Gasteiger charge is 2.18. The predicted octanol–water partition coefficient (Wildman–Crippen LogP) is 3.46. The lowest BCUT2D eigenvalue weighted by atomic mass is 10.1.